The molecule has 1 aliphatic rings. The molecule has 0 aromatic carbocycles. The lowest BCUT2D eigenvalue weighted by molar-refractivity contribution is -0.301. The van der Waals surface area contributed by atoms with E-state index in [0.717, 1.165) is 141 Å². The molecule has 0 radical (unpaired) electrons. The van der Waals surface area contributed by atoms with Gasteiger partial charge >= 0.3 is 23.9 Å². The maximum atomic E-state index is 13.3. The number of aliphatic carboxylic acids is 1. The van der Waals surface area contributed by atoms with Crippen LogP contribution in [0.2, 0.25) is 0 Å². The van der Waals surface area contributed by atoms with E-state index in [-0.39, 0.29) is 25.9 Å². The molecule has 3 N–H and O–H groups in total. The van der Waals surface area contributed by atoms with Crippen molar-refractivity contribution in [3.05, 3.63) is 97.2 Å². The minimum atomic E-state index is -1.92. The fraction of sp³-hybridized carbons (Fsp3) is 0.733. The van der Waals surface area contributed by atoms with E-state index in [0.29, 0.717) is 19.3 Å². The van der Waals surface area contributed by atoms with Crippen LogP contribution in [0.1, 0.15) is 303 Å². The minimum Gasteiger partial charge on any atom is -0.479 e. The Kier molecular flexibility index (Phi) is 57.3. The molecule has 0 amide bonds. The molecule has 1 rings (SSSR count). The van der Waals surface area contributed by atoms with E-state index < -0.39 is 67.3 Å². The number of carbonyl (C=O) groups excluding carboxylic acids is 3. The van der Waals surface area contributed by atoms with Crippen molar-refractivity contribution in [2.45, 2.75) is 340 Å². The number of aliphatic hydroxyl groups excluding tert-OH is 2. The number of carbonyl (C=O) groups is 4. The number of hydrogen-bond acceptors (Lipinski definition) is 11. The molecule has 12 nitrogen and oxygen atoms in total. The average molecular weight is 1220 g/mol. The van der Waals surface area contributed by atoms with Crippen LogP contribution < -0.4 is 0 Å². The van der Waals surface area contributed by atoms with Gasteiger partial charge in [0.05, 0.1) is 6.61 Å². The van der Waals surface area contributed by atoms with Gasteiger partial charge in [-0.1, -0.05) is 259 Å². The second-order valence-corrected chi connectivity index (χ2v) is 23.8. The number of aliphatic hydroxyl groups is 2. The van der Waals surface area contributed by atoms with Crippen LogP contribution in [0.4, 0.5) is 0 Å². The topological polar surface area (TPSA) is 175 Å². The maximum absolute atomic E-state index is 13.3. The Morgan fingerprint density at radius 2 is 0.724 bits per heavy atom. The van der Waals surface area contributed by atoms with E-state index >= 15 is 0 Å². The van der Waals surface area contributed by atoms with Gasteiger partial charge < -0.3 is 39.0 Å². The molecular formula is C75H126O12. The lowest BCUT2D eigenvalue weighted by Crippen LogP contribution is -2.61. The number of hydrogen-bond donors (Lipinski definition) is 3. The quantitative estimate of drug-likeness (QED) is 0.0228. The first-order chi connectivity index (χ1) is 42.6. The third-order valence-corrected chi connectivity index (χ3v) is 15.6. The van der Waals surface area contributed by atoms with E-state index in [2.05, 4.69) is 118 Å². The molecule has 498 valence electrons. The zero-order valence-corrected chi connectivity index (χ0v) is 55.2. The van der Waals surface area contributed by atoms with Crippen molar-refractivity contribution in [1.29, 1.82) is 0 Å². The standard InChI is InChI=1S/C75H126O12/c1-4-7-10-13-16-19-22-25-28-31-34-37-40-43-46-49-52-55-58-61-67(76)83-64-66(85-68(77)62-59-56-53-50-47-44-41-38-35-32-29-26-23-20-17-14-11-8-5-2)65-84-75-73(71(80)70(79)72(87-75)74(81)82)86-69(78)63-60-57-54-51-48-45-42-39-36-33-30-27-24-21-18-15-12-9-6-3/h7,10,16,18-19,21,25-30,34,36-37,39,66,70-73,75,79-80H,4-6,8-9,11-15,17,20,22-24,31-33,35,38,40-65H2,1-3H3,(H,81,82)/b10-7-,19-16-,21-18-,28-25-,29-26-,30-27-,37-34-,39-36-. The molecule has 0 saturated carbocycles. The number of rotatable bonds is 60. The monoisotopic (exact) mass is 1220 g/mol. The average Bonchev–Trinajstić information content (AvgIpc) is 2.56. The first-order valence-electron chi connectivity index (χ1n) is 35.2. The van der Waals surface area contributed by atoms with Crippen LogP contribution in [0.5, 0.6) is 0 Å². The lowest BCUT2D eigenvalue weighted by atomic mass is 9.98. The Labute approximate surface area is 530 Å². The van der Waals surface area contributed by atoms with Crippen LogP contribution in [0.3, 0.4) is 0 Å². The van der Waals surface area contributed by atoms with Crippen LogP contribution >= 0.6 is 0 Å². The van der Waals surface area contributed by atoms with Gasteiger partial charge in [0.2, 0.25) is 0 Å². The van der Waals surface area contributed by atoms with Crippen molar-refractivity contribution in [3.63, 3.8) is 0 Å². The van der Waals surface area contributed by atoms with E-state index in [4.69, 9.17) is 23.7 Å². The normalized spacial score (nSPS) is 17.9. The third kappa shape index (κ3) is 51.1. The first-order valence-corrected chi connectivity index (χ1v) is 35.2. The fourth-order valence-corrected chi connectivity index (χ4v) is 10.2. The van der Waals surface area contributed by atoms with Gasteiger partial charge in [-0.3, -0.25) is 14.4 Å². The molecule has 0 aromatic heterocycles. The highest BCUT2D eigenvalue weighted by Crippen LogP contribution is 2.27. The SMILES string of the molecule is CC/C=C\C/C=C\C/C=C\C/C=C\CCCCCCCCC(=O)OCC(COC1OC(C(=O)O)C(O)C(O)C1OC(=O)CCCCCCCC/C=C\C/C=C\C/C=C\CCCCC)OC(=O)CCCCCCCCCCC/C=C\CCCCCCCC. The van der Waals surface area contributed by atoms with Crippen LogP contribution in [-0.4, -0.2) is 89.2 Å². The largest absolute Gasteiger partial charge is 0.479 e. The first kappa shape index (κ1) is 80.7. The maximum Gasteiger partial charge on any atom is 0.335 e. The molecule has 1 fully saturated rings. The van der Waals surface area contributed by atoms with Crippen LogP contribution in [0, 0.1) is 0 Å². The number of unbranched alkanes of at least 4 members (excludes halogenated alkanes) is 30. The molecule has 1 saturated heterocycles. The highest BCUT2D eigenvalue weighted by molar-refractivity contribution is 5.74. The van der Waals surface area contributed by atoms with Crippen molar-refractivity contribution >= 4 is 23.9 Å². The summed E-state index contributed by atoms with van der Waals surface area (Å²) in [5.41, 5.74) is 0. The molecular weight excluding hydrogens is 1090 g/mol. The number of carboxylic acids is 1. The summed E-state index contributed by atoms with van der Waals surface area (Å²) >= 11 is 0. The van der Waals surface area contributed by atoms with Crippen LogP contribution in [-0.2, 0) is 42.9 Å². The lowest BCUT2D eigenvalue weighted by Gasteiger charge is -2.40. The number of carboxylic acid groups (broad SMARTS) is 1. The van der Waals surface area contributed by atoms with Gasteiger partial charge in [0.15, 0.2) is 24.6 Å². The van der Waals surface area contributed by atoms with Crippen LogP contribution in [0.25, 0.3) is 0 Å². The summed E-state index contributed by atoms with van der Waals surface area (Å²) in [6, 6.07) is 0. The second kappa shape index (κ2) is 61.9. The summed E-state index contributed by atoms with van der Waals surface area (Å²) in [6.45, 7) is 5.87. The molecule has 1 heterocycles. The molecule has 87 heavy (non-hydrogen) atoms. The Bertz CT molecular complexity index is 1880. The van der Waals surface area contributed by atoms with Crippen molar-refractivity contribution in [3.8, 4) is 0 Å². The Morgan fingerprint density at radius 3 is 1.14 bits per heavy atom. The summed E-state index contributed by atoms with van der Waals surface area (Å²) in [7, 11) is 0. The molecule has 6 unspecified atom stereocenters. The summed E-state index contributed by atoms with van der Waals surface area (Å²) in [5, 5.41) is 31.7. The molecule has 0 aromatic rings. The van der Waals surface area contributed by atoms with Gasteiger partial charge in [-0.2, -0.15) is 0 Å². The fourth-order valence-electron chi connectivity index (χ4n) is 10.2. The molecule has 0 bridgehead atoms. The van der Waals surface area contributed by atoms with Gasteiger partial charge in [0.1, 0.15) is 18.8 Å². The minimum absolute atomic E-state index is 0.0413. The van der Waals surface area contributed by atoms with Gasteiger partial charge in [-0.05, 0) is 122 Å². The zero-order chi connectivity index (χ0) is 63.1. The molecule has 6 atom stereocenters. The van der Waals surface area contributed by atoms with Crippen molar-refractivity contribution in [2.24, 2.45) is 0 Å². The number of ether oxygens (including phenoxy) is 5. The predicted octanol–water partition coefficient (Wildman–Crippen LogP) is 19.6. The van der Waals surface area contributed by atoms with Gasteiger partial charge in [0, 0.05) is 19.3 Å². The number of allylic oxidation sites excluding steroid dienone is 16. The highest BCUT2D eigenvalue weighted by atomic mass is 16.7. The molecule has 12 heteroatoms. The van der Waals surface area contributed by atoms with Crippen molar-refractivity contribution in [2.75, 3.05) is 13.2 Å². The molecule has 0 aliphatic carbocycles. The van der Waals surface area contributed by atoms with Gasteiger partial charge in [-0.15, -0.1) is 0 Å². The molecule has 1 aliphatic heterocycles. The van der Waals surface area contributed by atoms with Crippen molar-refractivity contribution in [1.82, 2.24) is 0 Å². The van der Waals surface area contributed by atoms with E-state index in [1.54, 1.807) is 0 Å². The predicted molar refractivity (Wildman–Crippen MR) is 358 cm³/mol. The Morgan fingerprint density at radius 1 is 0.391 bits per heavy atom. The third-order valence-electron chi connectivity index (χ3n) is 15.6. The summed E-state index contributed by atoms with van der Waals surface area (Å²) in [5.74, 6) is -3.15. The highest BCUT2D eigenvalue weighted by Gasteiger charge is 2.50. The van der Waals surface area contributed by atoms with Crippen LogP contribution in [0.15, 0.2) is 97.2 Å². The summed E-state index contributed by atoms with van der Waals surface area (Å²) < 4.78 is 28.6. The summed E-state index contributed by atoms with van der Waals surface area (Å²) in [4.78, 5) is 51.5. The second-order valence-electron chi connectivity index (χ2n) is 23.8. The number of esters is 3. The van der Waals surface area contributed by atoms with Crippen molar-refractivity contribution < 1.29 is 58.2 Å². The van der Waals surface area contributed by atoms with Gasteiger partial charge in [0.25, 0.3) is 0 Å². The Hall–Kier alpha value is -4.36. The Balaban J connectivity index is 2.66. The zero-order valence-electron chi connectivity index (χ0n) is 55.2. The molecule has 0 spiro atoms. The smallest absolute Gasteiger partial charge is 0.335 e. The van der Waals surface area contributed by atoms with E-state index in [1.165, 1.54) is 103 Å². The summed E-state index contributed by atoms with van der Waals surface area (Å²) in [6.07, 6.45) is 70.6. The van der Waals surface area contributed by atoms with Gasteiger partial charge in [-0.25, -0.2) is 4.79 Å². The van der Waals surface area contributed by atoms with E-state index in [9.17, 15) is 34.5 Å². The van der Waals surface area contributed by atoms with E-state index in [1.807, 2.05) is 0 Å².